The minimum absolute atomic E-state index is 0.0346. The third-order valence-electron chi connectivity index (χ3n) is 2.25. The van der Waals surface area contributed by atoms with Crippen LogP contribution in [0, 0.1) is 6.92 Å². The van der Waals surface area contributed by atoms with Gasteiger partial charge >= 0.3 is 5.97 Å². The van der Waals surface area contributed by atoms with Crippen molar-refractivity contribution in [1.82, 2.24) is 4.98 Å². The molecule has 6 heteroatoms. The van der Waals surface area contributed by atoms with Crippen LogP contribution >= 0.6 is 0 Å². The SMILES string of the molecule is CCOC(=O)Cc1cc(C(F)F)c(C)c(=O)[nH]1. The molecule has 0 aromatic carbocycles. The average Bonchev–Trinajstić information content (AvgIpc) is 2.23. The maximum atomic E-state index is 12.6. The molecule has 0 saturated carbocycles. The molecule has 0 aliphatic heterocycles. The Morgan fingerprint density at radius 3 is 2.71 bits per heavy atom. The molecule has 0 atom stereocenters. The smallest absolute Gasteiger partial charge is 0.311 e. The van der Waals surface area contributed by atoms with Crippen molar-refractivity contribution in [3.8, 4) is 0 Å². The highest BCUT2D eigenvalue weighted by Crippen LogP contribution is 2.20. The predicted octanol–water partition coefficient (Wildman–Crippen LogP) is 1.73. The van der Waals surface area contributed by atoms with Gasteiger partial charge in [-0.2, -0.15) is 0 Å². The number of carbonyl (C=O) groups is 1. The molecule has 0 fully saturated rings. The van der Waals surface area contributed by atoms with E-state index in [2.05, 4.69) is 9.72 Å². The highest BCUT2D eigenvalue weighted by atomic mass is 19.3. The molecule has 0 spiro atoms. The number of ether oxygens (including phenoxy) is 1. The Morgan fingerprint density at radius 2 is 2.18 bits per heavy atom. The molecular weight excluding hydrogens is 232 g/mol. The maximum absolute atomic E-state index is 12.6. The Morgan fingerprint density at radius 1 is 1.53 bits per heavy atom. The molecule has 0 aliphatic carbocycles. The van der Waals surface area contributed by atoms with Crippen LogP contribution in [0.2, 0.25) is 0 Å². The van der Waals surface area contributed by atoms with Gasteiger partial charge in [-0.15, -0.1) is 0 Å². The highest BCUT2D eigenvalue weighted by molar-refractivity contribution is 5.72. The maximum Gasteiger partial charge on any atom is 0.311 e. The first kappa shape index (κ1) is 13.3. The minimum Gasteiger partial charge on any atom is -0.466 e. The van der Waals surface area contributed by atoms with Crippen molar-refractivity contribution >= 4 is 5.97 Å². The number of nitrogens with one attached hydrogen (secondary N) is 1. The van der Waals surface area contributed by atoms with Gasteiger partial charge in [-0.1, -0.05) is 0 Å². The number of hydrogen-bond acceptors (Lipinski definition) is 3. The molecule has 1 rings (SSSR count). The Hall–Kier alpha value is -1.72. The van der Waals surface area contributed by atoms with E-state index in [1.165, 1.54) is 6.92 Å². The number of halogens is 2. The van der Waals surface area contributed by atoms with Crippen LogP contribution in [0.1, 0.15) is 30.2 Å². The van der Waals surface area contributed by atoms with E-state index in [0.29, 0.717) is 0 Å². The summed E-state index contributed by atoms with van der Waals surface area (Å²) in [6.07, 6.45) is -2.96. The van der Waals surface area contributed by atoms with E-state index in [-0.39, 0.29) is 29.8 Å². The summed E-state index contributed by atoms with van der Waals surface area (Å²) in [6.45, 7) is 3.16. The van der Waals surface area contributed by atoms with Gasteiger partial charge in [0.05, 0.1) is 13.0 Å². The number of rotatable bonds is 4. The quantitative estimate of drug-likeness (QED) is 0.822. The molecule has 1 N–H and O–H groups in total. The van der Waals surface area contributed by atoms with Gasteiger partial charge in [-0.25, -0.2) is 8.78 Å². The summed E-state index contributed by atoms with van der Waals surface area (Å²) in [7, 11) is 0. The van der Waals surface area contributed by atoms with Gasteiger partial charge in [0.1, 0.15) is 0 Å². The van der Waals surface area contributed by atoms with Gasteiger partial charge in [0.2, 0.25) is 0 Å². The van der Waals surface area contributed by atoms with Gasteiger partial charge in [0.15, 0.2) is 0 Å². The second-order valence-electron chi connectivity index (χ2n) is 3.49. The van der Waals surface area contributed by atoms with Crippen molar-refractivity contribution in [2.24, 2.45) is 0 Å². The molecule has 0 aliphatic rings. The number of aromatic nitrogens is 1. The molecule has 0 amide bonds. The molecule has 1 heterocycles. The molecule has 1 aromatic rings. The molecular formula is C11H13F2NO3. The molecule has 94 valence electrons. The van der Waals surface area contributed by atoms with Crippen molar-refractivity contribution in [3.63, 3.8) is 0 Å². The number of hydrogen-bond donors (Lipinski definition) is 1. The minimum atomic E-state index is -2.74. The fourth-order valence-electron chi connectivity index (χ4n) is 1.39. The summed E-state index contributed by atoms with van der Waals surface area (Å²) in [6, 6.07) is 1.12. The van der Waals surface area contributed by atoms with Crippen LogP contribution < -0.4 is 5.56 Å². The molecule has 0 bridgehead atoms. The summed E-state index contributed by atoms with van der Waals surface area (Å²) in [5.41, 5.74) is -0.864. The van der Waals surface area contributed by atoms with E-state index in [1.807, 2.05) is 0 Å². The summed E-state index contributed by atoms with van der Waals surface area (Å²) in [4.78, 5) is 24.9. The normalized spacial score (nSPS) is 10.6. The van der Waals surface area contributed by atoms with Crippen molar-refractivity contribution in [1.29, 1.82) is 0 Å². The highest BCUT2D eigenvalue weighted by Gasteiger charge is 2.15. The lowest BCUT2D eigenvalue weighted by molar-refractivity contribution is -0.142. The molecule has 1 aromatic heterocycles. The van der Waals surface area contributed by atoms with Gasteiger partial charge in [0.25, 0.3) is 12.0 Å². The topological polar surface area (TPSA) is 59.2 Å². The fourth-order valence-corrected chi connectivity index (χ4v) is 1.39. The lowest BCUT2D eigenvalue weighted by Crippen LogP contribution is -2.18. The standard InChI is InChI=1S/C11H13F2NO3/c1-3-17-9(15)5-7-4-8(10(12)13)6(2)11(16)14-7/h4,10H,3,5H2,1-2H3,(H,14,16). The Kier molecular flexibility index (Phi) is 4.37. The van der Waals surface area contributed by atoms with Crippen molar-refractivity contribution in [3.05, 3.63) is 33.2 Å². The zero-order chi connectivity index (χ0) is 13.0. The van der Waals surface area contributed by atoms with Crippen molar-refractivity contribution < 1.29 is 18.3 Å². The summed E-state index contributed by atoms with van der Waals surface area (Å²) < 4.78 is 29.9. The number of alkyl halides is 2. The van der Waals surface area contributed by atoms with Gasteiger partial charge < -0.3 is 9.72 Å². The summed E-state index contributed by atoms with van der Waals surface area (Å²) in [5.74, 6) is -0.563. The zero-order valence-electron chi connectivity index (χ0n) is 9.55. The van der Waals surface area contributed by atoms with Crippen LogP contribution in [-0.4, -0.2) is 17.6 Å². The van der Waals surface area contributed by atoms with E-state index in [0.717, 1.165) is 6.07 Å². The first-order chi connectivity index (χ1) is 7.95. The monoisotopic (exact) mass is 245 g/mol. The number of esters is 1. The van der Waals surface area contributed by atoms with Crippen LogP contribution in [0.15, 0.2) is 10.9 Å². The van der Waals surface area contributed by atoms with Gasteiger partial charge in [-0.3, -0.25) is 9.59 Å². The third kappa shape index (κ3) is 3.37. The first-order valence-corrected chi connectivity index (χ1v) is 5.12. The number of H-pyrrole nitrogens is 1. The van der Waals surface area contributed by atoms with Crippen LogP contribution in [0.3, 0.4) is 0 Å². The zero-order valence-corrected chi connectivity index (χ0v) is 9.55. The van der Waals surface area contributed by atoms with E-state index < -0.39 is 18.0 Å². The number of aromatic amines is 1. The van der Waals surface area contributed by atoms with Crippen molar-refractivity contribution in [2.45, 2.75) is 26.7 Å². The molecule has 0 radical (unpaired) electrons. The Balaban J connectivity index is 3.03. The van der Waals surface area contributed by atoms with Crippen LogP contribution in [0.25, 0.3) is 0 Å². The van der Waals surface area contributed by atoms with E-state index in [9.17, 15) is 18.4 Å². The molecule has 0 unspecified atom stereocenters. The number of carbonyl (C=O) groups excluding carboxylic acids is 1. The van der Waals surface area contributed by atoms with E-state index >= 15 is 0 Å². The summed E-state index contributed by atoms with van der Waals surface area (Å²) in [5, 5.41) is 0. The van der Waals surface area contributed by atoms with Crippen LogP contribution in [-0.2, 0) is 16.0 Å². The Bertz CT molecular complexity index is 468. The molecule has 0 saturated heterocycles. The second kappa shape index (κ2) is 5.56. The van der Waals surface area contributed by atoms with Crippen LogP contribution in [0.5, 0.6) is 0 Å². The largest absolute Gasteiger partial charge is 0.466 e. The first-order valence-electron chi connectivity index (χ1n) is 5.12. The fraction of sp³-hybridized carbons (Fsp3) is 0.455. The van der Waals surface area contributed by atoms with E-state index in [1.54, 1.807) is 6.92 Å². The lowest BCUT2D eigenvalue weighted by Gasteiger charge is -2.07. The van der Waals surface area contributed by atoms with Crippen molar-refractivity contribution in [2.75, 3.05) is 6.61 Å². The third-order valence-corrected chi connectivity index (χ3v) is 2.25. The Labute approximate surface area is 96.6 Å². The number of pyridine rings is 1. The van der Waals surface area contributed by atoms with Crippen LogP contribution in [0.4, 0.5) is 8.78 Å². The van der Waals surface area contributed by atoms with Gasteiger partial charge in [0, 0.05) is 16.8 Å². The second-order valence-corrected chi connectivity index (χ2v) is 3.49. The molecule has 17 heavy (non-hydrogen) atoms. The molecule has 4 nitrogen and oxygen atoms in total. The predicted molar refractivity (Wildman–Crippen MR) is 57.1 cm³/mol. The van der Waals surface area contributed by atoms with E-state index in [4.69, 9.17) is 0 Å². The van der Waals surface area contributed by atoms with Gasteiger partial charge in [-0.05, 0) is 19.9 Å². The summed E-state index contributed by atoms with van der Waals surface area (Å²) >= 11 is 0. The lowest BCUT2D eigenvalue weighted by atomic mass is 10.1. The average molecular weight is 245 g/mol.